The first-order valence-corrected chi connectivity index (χ1v) is 13.1. The van der Waals surface area contributed by atoms with E-state index in [1.54, 1.807) is 31.1 Å². The number of pyridine rings is 1. The molecule has 0 radical (unpaired) electrons. The molecule has 0 fully saturated rings. The molecular weight excluding hydrogens is 515 g/mol. The summed E-state index contributed by atoms with van der Waals surface area (Å²) in [5.41, 5.74) is 2.04. The summed E-state index contributed by atoms with van der Waals surface area (Å²) in [4.78, 5) is 34.2. The van der Waals surface area contributed by atoms with Crippen LogP contribution in [0.3, 0.4) is 0 Å². The maximum atomic E-state index is 13.7. The number of amides is 3. The number of benzene rings is 2. The monoisotopic (exact) mass is 546 g/mol. The molecule has 40 heavy (non-hydrogen) atoms. The topological polar surface area (TPSA) is 108 Å². The Kier molecular flexibility index (Phi) is 7.70. The molecule has 0 saturated carbocycles. The SMILES string of the molecule is C[C@H](CO)N1C[C@H](C)[C@H](CN(C)C(=O)Nc2ccc(F)cc2)Oc2ncc(-c3cc4ccccc4o3)cc2C1=O. The fourth-order valence-corrected chi connectivity index (χ4v) is 4.68. The summed E-state index contributed by atoms with van der Waals surface area (Å²) in [6.07, 6.45) is 1.08. The molecular formula is C30H31FN4O5. The van der Waals surface area contributed by atoms with Gasteiger partial charge in [-0.25, -0.2) is 14.2 Å². The van der Waals surface area contributed by atoms with E-state index >= 15 is 0 Å². The van der Waals surface area contributed by atoms with E-state index in [9.17, 15) is 19.1 Å². The zero-order valence-electron chi connectivity index (χ0n) is 22.5. The summed E-state index contributed by atoms with van der Waals surface area (Å²) >= 11 is 0. The Balaban J connectivity index is 1.44. The Bertz CT molecular complexity index is 1490. The molecule has 4 aromatic rings. The van der Waals surface area contributed by atoms with Crippen LogP contribution in [0.25, 0.3) is 22.3 Å². The predicted octanol–water partition coefficient (Wildman–Crippen LogP) is 5.02. The number of hydrogen-bond donors (Lipinski definition) is 2. The molecule has 3 amide bonds. The molecule has 0 bridgehead atoms. The summed E-state index contributed by atoms with van der Waals surface area (Å²) in [5.74, 6) is -0.202. The molecule has 1 aliphatic heterocycles. The predicted molar refractivity (Wildman–Crippen MR) is 149 cm³/mol. The minimum absolute atomic E-state index is 0.142. The summed E-state index contributed by atoms with van der Waals surface area (Å²) in [6, 6.07) is 15.9. The number of aliphatic hydroxyl groups excluding tert-OH is 1. The Morgan fingerprint density at radius 1 is 1.23 bits per heavy atom. The lowest BCUT2D eigenvalue weighted by molar-refractivity contribution is 0.0356. The van der Waals surface area contributed by atoms with Gasteiger partial charge in [0.2, 0.25) is 5.88 Å². The van der Waals surface area contributed by atoms with Crippen molar-refractivity contribution in [1.82, 2.24) is 14.8 Å². The molecule has 9 nitrogen and oxygen atoms in total. The first kappa shape index (κ1) is 27.1. The van der Waals surface area contributed by atoms with E-state index in [0.717, 1.165) is 11.0 Å². The summed E-state index contributed by atoms with van der Waals surface area (Å²) in [5, 5.41) is 13.6. The number of para-hydroxylation sites is 1. The van der Waals surface area contributed by atoms with Gasteiger partial charge in [0.25, 0.3) is 5.91 Å². The number of hydrogen-bond acceptors (Lipinski definition) is 6. The molecule has 0 saturated heterocycles. The van der Waals surface area contributed by atoms with Crippen molar-refractivity contribution in [2.45, 2.75) is 26.0 Å². The lowest BCUT2D eigenvalue weighted by Crippen LogP contribution is -2.50. The fraction of sp³-hybridized carbons (Fsp3) is 0.300. The van der Waals surface area contributed by atoms with Crippen molar-refractivity contribution in [2.75, 3.05) is 32.1 Å². The van der Waals surface area contributed by atoms with Crippen LogP contribution < -0.4 is 10.1 Å². The maximum Gasteiger partial charge on any atom is 0.321 e. The van der Waals surface area contributed by atoms with Crippen LogP contribution in [0.2, 0.25) is 0 Å². The Labute approximate surface area is 231 Å². The average Bonchev–Trinajstić information content (AvgIpc) is 3.40. The van der Waals surface area contributed by atoms with Gasteiger partial charge in [0, 0.05) is 42.3 Å². The number of furan rings is 1. The lowest BCUT2D eigenvalue weighted by Gasteiger charge is -2.37. The van der Waals surface area contributed by atoms with Crippen LogP contribution in [0.1, 0.15) is 24.2 Å². The van der Waals surface area contributed by atoms with Gasteiger partial charge in [-0.2, -0.15) is 0 Å². The number of carbonyl (C=O) groups excluding carboxylic acids is 2. The first-order chi connectivity index (χ1) is 19.2. The molecule has 0 aliphatic carbocycles. The van der Waals surface area contributed by atoms with Crippen LogP contribution in [-0.2, 0) is 0 Å². The zero-order chi connectivity index (χ0) is 28.4. The quantitative estimate of drug-likeness (QED) is 0.352. The first-order valence-electron chi connectivity index (χ1n) is 13.1. The van der Waals surface area contributed by atoms with E-state index in [0.29, 0.717) is 23.6 Å². The number of anilines is 1. The van der Waals surface area contributed by atoms with Gasteiger partial charge in [-0.3, -0.25) is 4.79 Å². The third kappa shape index (κ3) is 5.62. The van der Waals surface area contributed by atoms with Crippen LogP contribution in [-0.4, -0.2) is 70.7 Å². The van der Waals surface area contributed by atoms with Crippen LogP contribution in [0.4, 0.5) is 14.9 Å². The number of fused-ring (bicyclic) bond motifs is 2. The van der Waals surface area contributed by atoms with Crippen LogP contribution in [0.5, 0.6) is 5.88 Å². The summed E-state index contributed by atoms with van der Waals surface area (Å²) in [6.45, 7) is 3.98. The maximum absolute atomic E-state index is 13.7. The second-order valence-corrected chi connectivity index (χ2v) is 10.2. The number of urea groups is 1. The highest BCUT2D eigenvalue weighted by Crippen LogP contribution is 2.33. The molecule has 0 spiro atoms. The molecule has 2 aromatic carbocycles. The van der Waals surface area contributed by atoms with E-state index in [-0.39, 0.29) is 36.4 Å². The molecule has 3 heterocycles. The minimum atomic E-state index is -0.520. The molecule has 5 rings (SSSR count). The van der Waals surface area contributed by atoms with E-state index < -0.39 is 24.0 Å². The average molecular weight is 547 g/mol. The van der Waals surface area contributed by atoms with E-state index in [4.69, 9.17) is 9.15 Å². The summed E-state index contributed by atoms with van der Waals surface area (Å²) < 4.78 is 25.5. The highest BCUT2D eigenvalue weighted by molar-refractivity contribution is 5.98. The zero-order valence-corrected chi connectivity index (χ0v) is 22.5. The number of halogens is 1. The number of carbonyl (C=O) groups is 2. The molecule has 208 valence electrons. The number of likely N-dealkylation sites (N-methyl/N-ethyl adjacent to an activating group) is 1. The molecule has 10 heteroatoms. The van der Waals surface area contributed by atoms with Crippen LogP contribution in [0.15, 0.2) is 71.3 Å². The Morgan fingerprint density at radius 3 is 2.70 bits per heavy atom. The van der Waals surface area contributed by atoms with Gasteiger partial charge in [-0.15, -0.1) is 0 Å². The molecule has 2 aromatic heterocycles. The van der Waals surface area contributed by atoms with E-state index in [2.05, 4.69) is 10.3 Å². The van der Waals surface area contributed by atoms with Gasteiger partial charge in [0.15, 0.2) is 0 Å². The number of aliphatic hydroxyl groups is 1. The third-order valence-corrected chi connectivity index (χ3v) is 7.13. The van der Waals surface area contributed by atoms with Gasteiger partial charge in [-0.1, -0.05) is 25.1 Å². The normalized spacial score (nSPS) is 17.9. The van der Waals surface area contributed by atoms with Crippen molar-refractivity contribution >= 4 is 28.6 Å². The number of aromatic nitrogens is 1. The summed E-state index contributed by atoms with van der Waals surface area (Å²) in [7, 11) is 1.63. The largest absolute Gasteiger partial charge is 0.472 e. The van der Waals surface area contributed by atoms with Gasteiger partial charge < -0.3 is 29.4 Å². The smallest absolute Gasteiger partial charge is 0.321 e. The third-order valence-electron chi connectivity index (χ3n) is 7.13. The van der Waals surface area contributed by atoms with Gasteiger partial charge >= 0.3 is 6.03 Å². The number of ether oxygens (including phenoxy) is 1. The molecule has 1 aliphatic rings. The van der Waals surface area contributed by atoms with Crippen molar-refractivity contribution < 1.29 is 28.2 Å². The van der Waals surface area contributed by atoms with Crippen molar-refractivity contribution in [3.8, 4) is 17.2 Å². The van der Waals surface area contributed by atoms with E-state index in [1.165, 1.54) is 29.2 Å². The van der Waals surface area contributed by atoms with Crippen molar-refractivity contribution in [2.24, 2.45) is 5.92 Å². The van der Waals surface area contributed by atoms with Gasteiger partial charge in [0.05, 0.1) is 19.2 Å². The molecule has 3 atom stereocenters. The standard InChI is InChI=1S/C30H31FN4O5/c1-18-15-35(19(2)17-36)29(37)24-12-21(26-13-20-6-4-5-7-25(20)39-26)14-32-28(24)40-27(18)16-34(3)30(38)33-23-10-8-22(31)9-11-23/h4-14,18-19,27,36H,15-17H2,1-3H3,(H,33,38)/t18-,19+,27-/m0/s1. The molecule has 2 N–H and O–H groups in total. The van der Waals surface area contributed by atoms with Crippen LogP contribution >= 0.6 is 0 Å². The number of nitrogens with zero attached hydrogens (tertiary/aromatic N) is 3. The second-order valence-electron chi connectivity index (χ2n) is 10.2. The highest BCUT2D eigenvalue weighted by atomic mass is 19.1. The van der Waals surface area contributed by atoms with Gasteiger partial charge in [0.1, 0.15) is 28.8 Å². The Morgan fingerprint density at radius 2 is 1.98 bits per heavy atom. The Hall–Kier alpha value is -4.44. The second kappa shape index (κ2) is 11.4. The van der Waals surface area contributed by atoms with Crippen LogP contribution in [0, 0.1) is 11.7 Å². The van der Waals surface area contributed by atoms with E-state index in [1.807, 2.05) is 37.3 Å². The number of rotatable bonds is 6. The van der Waals surface area contributed by atoms with Crippen molar-refractivity contribution in [3.05, 3.63) is 78.2 Å². The van der Waals surface area contributed by atoms with Crippen molar-refractivity contribution in [1.29, 1.82) is 0 Å². The fourth-order valence-electron chi connectivity index (χ4n) is 4.68. The number of nitrogens with one attached hydrogen (secondary N) is 1. The minimum Gasteiger partial charge on any atom is -0.472 e. The van der Waals surface area contributed by atoms with Crippen molar-refractivity contribution in [3.63, 3.8) is 0 Å². The molecule has 0 unspecified atom stereocenters. The van der Waals surface area contributed by atoms with Gasteiger partial charge in [-0.05, 0) is 49.4 Å². The highest BCUT2D eigenvalue weighted by Gasteiger charge is 2.35. The lowest BCUT2D eigenvalue weighted by atomic mass is 9.99.